The van der Waals surface area contributed by atoms with Crippen molar-refractivity contribution in [3.63, 3.8) is 0 Å². The molecule has 2 heterocycles. The molecule has 0 bridgehead atoms. The van der Waals surface area contributed by atoms with Crippen molar-refractivity contribution < 1.29 is 5.11 Å². The summed E-state index contributed by atoms with van der Waals surface area (Å²) in [6.07, 6.45) is 3.37. The van der Waals surface area contributed by atoms with Crippen LogP contribution in [0.2, 0.25) is 0 Å². The molecule has 1 fully saturated rings. The molecule has 6 heteroatoms. The quantitative estimate of drug-likeness (QED) is 0.472. The molecule has 2 unspecified atom stereocenters. The summed E-state index contributed by atoms with van der Waals surface area (Å²) >= 11 is 1.31. The zero-order valence-corrected chi connectivity index (χ0v) is 16.3. The van der Waals surface area contributed by atoms with E-state index in [9.17, 15) is 9.90 Å². The molecule has 4 aromatic rings. The molecule has 0 saturated heterocycles. The third kappa shape index (κ3) is 2.56. The highest BCUT2D eigenvalue weighted by atomic mass is 32.1. The van der Waals surface area contributed by atoms with Crippen molar-refractivity contribution in [3.05, 3.63) is 57.3 Å². The van der Waals surface area contributed by atoms with Crippen LogP contribution in [-0.2, 0) is 0 Å². The van der Waals surface area contributed by atoms with Gasteiger partial charge in [0.15, 0.2) is 0 Å². The van der Waals surface area contributed by atoms with E-state index in [2.05, 4.69) is 22.1 Å². The lowest BCUT2D eigenvalue weighted by Gasteiger charge is -2.17. The number of aromatic hydroxyl groups is 1. The number of aromatic amines is 1. The molecule has 0 amide bonds. The number of H-pyrrole nitrogens is 1. The van der Waals surface area contributed by atoms with E-state index < -0.39 is 0 Å². The summed E-state index contributed by atoms with van der Waals surface area (Å²) in [5.74, 6) is 0.593. The molecule has 0 aliphatic heterocycles. The van der Waals surface area contributed by atoms with Crippen LogP contribution in [-0.4, -0.2) is 21.1 Å². The van der Waals surface area contributed by atoms with Gasteiger partial charge in [0.2, 0.25) is 0 Å². The van der Waals surface area contributed by atoms with E-state index >= 15 is 0 Å². The minimum Gasteiger partial charge on any atom is -0.507 e. The Labute approximate surface area is 165 Å². The highest BCUT2D eigenvalue weighted by Gasteiger charge is 2.25. The van der Waals surface area contributed by atoms with Gasteiger partial charge in [-0.2, -0.15) is 0 Å². The number of aryl methyl sites for hydroxylation is 1. The van der Waals surface area contributed by atoms with E-state index in [1.54, 1.807) is 11.6 Å². The van der Waals surface area contributed by atoms with Gasteiger partial charge in [0.05, 0.1) is 16.5 Å². The van der Waals surface area contributed by atoms with Crippen molar-refractivity contribution in [3.8, 4) is 16.9 Å². The van der Waals surface area contributed by atoms with Gasteiger partial charge < -0.3 is 15.8 Å². The maximum absolute atomic E-state index is 12.4. The Morgan fingerprint density at radius 3 is 2.75 bits per heavy atom. The van der Waals surface area contributed by atoms with Gasteiger partial charge in [0.25, 0.3) is 5.56 Å². The van der Waals surface area contributed by atoms with Crippen molar-refractivity contribution in [2.45, 2.75) is 38.1 Å². The lowest BCUT2D eigenvalue weighted by Crippen LogP contribution is -2.22. The van der Waals surface area contributed by atoms with Crippen LogP contribution in [0.25, 0.3) is 32.2 Å². The molecule has 0 spiro atoms. The van der Waals surface area contributed by atoms with E-state index in [4.69, 9.17) is 5.73 Å². The molecule has 2 aromatic carbocycles. The summed E-state index contributed by atoms with van der Waals surface area (Å²) < 4.78 is 0.576. The number of hydrogen-bond donors (Lipinski definition) is 3. The molecule has 1 saturated carbocycles. The van der Waals surface area contributed by atoms with Crippen LogP contribution in [0.4, 0.5) is 0 Å². The summed E-state index contributed by atoms with van der Waals surface area (Å²) in [5.41, 5.74) is 12.8. The van der Waals surface area contributed by atoms with E-state index in [-0.39, 0.29) is 17.4 Å². The highest BCUT2D eigenvalue weighted by Crippen LogP contribution is 2.41. The molecular weight excluding hydrogens is 370 g/mol. The fourth-order valence-corrected chi connectivity index (χ4v) is 5.23. The largest absolute Gasteiger partial charge is 0.507 e. The van der Waals surface area contributed by atoms with Crippen molar-refractivity contribution in [1.82, 2.24) is 9.97 Å². The van der Waals surface area contributed by atoms with Crippen LogP contribution in [0, 0.1) is 6.92 Å². The number of thiazole rings is 1. The minimum absolute atomic E-state index is 0.143. The molecule has 5 rings (SSSR count). The normalized spacial score (nSPS) is 19.6. The number of pyridine rings is 1. The van der Waals surface area contributed by atoms with Gasteiger partial charge in [-0.3, -0.25) is 4.79 Å². The molecule has 5 nitrogen and oxygen atoms in total. The number of nitrogens with two attached hydrogens (primary N) is 1. The average Bonchev–Trinajstić information content (AvgIpc) is 3.33. The van der Waals surface area contributed by atoms with Gasteiger partial charge in [0, 0.05) is 17.0 Å². The summed E-state index contributed by atoms with van der Waals surface area (Å²) in [6.45, 7) is 1.88. The molecule has 142 valence electrons. The van der Waals surface area contributed by atoms with Crippen LogP contribution in [0.3, 0.4) is 0 Å². The molecule has 2 aromatic heterocycles. The first-order valence-corrected chi connectivity index (χ1v) is 10.4. The molecule has 2 atom stereocenters. The minimum atomic E-state index is -0.143. The lowest BCUT2D eigenvalue weighted by atomic mass is 9.91. The predicted molar refractivity (Wildman–Crippen MR) is 114 cm³/mol. The first kappa shape index (κ1) is 17.4. The Morgan fingerprint density at radius 2 is 2.04 bits per heavy atom. The SMILES string of the molecule is Cc1cc(O)c(-c2ccc(C3CCCC3N)cc2)c2c1[nH]c(=O)c1scnc12. The molecule has 1 aliphatic rings. The number of rotatable bonds is 2. The highest BCUT2D eigenvalue weighted by molar-refractivity contribution is 7.16. The predicted octanol–water partition coefficient (Wildman–Crippen LogP) is 4.41. The first-order valence-electron chi connectivity index (χ1n) is 9.52. The Morgan fingerprint density at radius 1 is 1.25 bits per heavy atom. The standard InChI is InChI=1S/C22H21N3O2S/c1-11-9-16(26)17(18-19(11)25-22(27)21-20(18)24-10-28-21)13-7-5-12(6-8-13)14-3-2-4-15(14)23/h5-10,14-15,26H,2-4,23H2,1H3,(H,25,27). The maximum atomic E-state index is 12.4. The summed E-state index contributed by atoms with van der Waals surface area (Å²) in [7, 11) is 0. The van der Waals surface area contributed by atoms with E-state index in [1.165, 1.54) is 23.3 Å². The van der Waals surface area contributed by atoms with Gasteiger partial charge >= 0.3 is 0 Å². The van der Waals surface area contributed by atoms with Crippen LogP contribution in [0.1, 0.15) is 36.3 Å². The number of fused-ring (bicyclic) bond motifs is 3. The van der Waals surface area contributed by atoms with Gasteiger partial charge in [-0.1, -0.05) is 30.7 Å². The number of phenols is 1. The second-order valence-electron chi connectivity index (χ2n) is 7.65. The van der Waals surface area contributed by atoms with Crippen LogP contribution in [0.5, 0.6) is 5.75 Å². The summed E-state index contributed by atoms with van der Waals surface area (Å²) in [6, 6.07) is 10.2. The Hall–Kier alpha value is -2.70. The topological polar surface area (TPSA) is 92.0 Å². The summed E-state index contributed by atoms with van der Waals surface area (Å²) in [5, 5.41) is 11.6. The average molecular weight is 391 g/mol. The van der Waals surface area contributed by atoms with Gasteiger partial charge in [-0.25, -0.2) is 4.98 Å². The third-order valence-electron chi connectivity index (χ3n) is 5.95. The van der Waals surface area contributed by atoms with Crippen molar-refractivity contribution in [1.29, 1.82) is 0 Å². The molecular formula is C22H21N3O2S. The fourth-order valence-electron chi connectivity index (χ4n) is 4.54. The molecule has 1 aliphatic carbocycles. The zero-order valence-electron chi connectivity index (χ0n) is 15.5. The Balaban J connectivity index is 1.75. The summed E-state index contributed by atoms with van der Waals surface area (Å²) in [4.78, 5) is 19.8. The zero-order chi connectivity index (χ0) is 19.4. The van der Waals surface area contributed by atoms with E-state index in [1.807, 2.05) is 19.1 Å². The monoisotopic (exact) mass is 391 g/mol. The number of benzene rings is 2. The van der Waals surface area contributed by atoms with Crippen molar-refractivity contribution >= 4 is 32.5 Å². The third-order valence-corrected chi connectivity index (χ3v) is 6.77. The van der Waals surface area contributed by atoms with E-state index in [0.717, 1.165) is 34.9 Å². The number of aromatic nitrogens is 2. The van der Waals surface area contributed by atoms with Crippen LogP contribution in [0.15, 0.2) is 40.6 Å². The first-order chi connectivity index (χ1) is 13.5. The number of nitrogens with one attached hydrogen (secondary N) is 1. The number of hydrogen-bond acceptors (Lipinski definition) is 5. The van der Waals surface area contributed by atoms with Gasteiger partial charge in [0.1, 0.15) is 10.4 Å². The van der Waals surface area contributed by atoms with Gasteiger partial charge in [-0.15, -0.1) is 11.3 Å². The number of phenolic OH excluding ortho intramolecular Hbond substituents is 1. The smallest absolute Gasteiger partial charge is 0.268 e. The second kappa shape index (κ2) is 6.43. The fraction of sp³-hybridized carbons (Fsp3) is 0.273. The molecule has 0 radical (unpaired) electrons. The second-order valence-corrected chi connectivity index (χ2v) is 8.50. The van der Waals surface area contributed by atoms with E-state index in [0.29, 0.717) is 21.7 Å². The van der Waals surface area contributed by atoms with Crippen LogP contribution >= 0.6 is 11.3 Å². The Bertz CT molecular complexity index is 1260. The molecule has 28 heavy (non-hydrogen) atoms. The number of nitrogens with zero attached hydrogens (tertiary/aromatic N) is 1. The lowest BCUT2D eigenvalue weighted by molar-refractivity contribution is 0.477. The van der Waals surface area contributed by atoms with Gasteiger partial charge in [-0.05, 0) is 48.4 Å². The van der Waals surface area contributed by atoms with Crippen molar-refractivity contribution in [2.24, 2.45) is 5.73 Å². The molecule has 4 N–H and O–H groups in total. The van der Waals surface area contributed by atoms with Crippen molar-refractivity contribution in [2.75, 3.05) is 0 Å². The van der Waals surface area contributed by atoms with Crippen LogP contribution < -0.4 is 11.3 Å². The Kier molecular flexibility index (Phi) is 4.00. The maximum Gasteiger partial charge on any atom is 0.268 e.